The molecule has 1 aromatic heterocycles. The monoisotopic (exact) mass is 374 g/mol. The van der Waals surface area contributed by atoms with Crippen LogP contribution in [0.1, 0.15) is 17.7 Å². The highest BCUT2D eigenvalue weighted by atomic mass is 35.5. The van der Waals surface area contributed by atoms with Crippen LogP contribution in [0.15, 0.2) is 24.3 Å². The number of hydrogen-bond donors (Lipinski definition) is 1. The van der Waals surface area contributed by atoms with Crippen LogP contribution in [0, 0.1) is 0 Å². The molecule has 0 unspecified atom stereocenters. The van der Waals surface area contributed by atoms with Gasteiger partial charge in [-0.1, -0.05) is 29.8 Å². The molecule has 0 spiro atoms. The Kier molecular flexibility index (Phi) is 5.25. The van der Waals surface area contributed by atoms with Gasteiger partial charge >= 0.3 is 0 Å². The molecule has 8 heteroatoms. The molecule has 0 bridgehead atoms. The third-order valence-corrected chi connectivity index (χ3v) is 7.33. The minimum absolute atomic E-state index is 0.0876. The molecule has 0 saturated carbocycles. The minimum Gasteiger partial charge on any atom is -0.383 e. The normalized spacial score (nSPS) is 19.7. The summed E-state index contributed by atoms with van der Waals surface area (Å²) in [6.07, 6.45) is 1.69. The lowest BCUT2D eigenvalue weighted by atomic mass is 10.2. The summed E-state index contributed by atoms with van der Waals surface area (Å²) in [5.74, 6) is 0. The number of nitrogens with zero attached hydrogens (tertiary/aromatic N) is 1. The lowest BCUT2D eigenvalue weighted by Gasteiger charge is -2.23. The summed E-state index contributed by atoms with van der Waals surface area (Å²) in [6, 6.07) is 7.72. The van der Waals surface area contributed by atoms with Crippen LogP contribution in [-0.2, 0) is 21.5 Å². The molecule has 0 aliphatic carbocycles. The Morgan fingerprint density at radius 3 is 2.96 bits per heavy atom. The minimum atomic E-state index is -3.53. The molecule has 1 aliphatic rings. The Balaban J connectivity index is 1.74. The second kappa shape index (κ2) is 7.04. The van der Waals surface area contributed by atoms with Gasteiger partial charge in [0.15, 0.2) is 0 Å². The summed E-state index contributed by atoms with van der Waals surface area (Å²) in [5, 5.41) is 1.59. The molecule has 2 aromatic rings. The summed E-state index contributed by atoms with van der Waals surface area (Å²) < 4.78 is 35.4. The molecular formula is C15H19ClN2O3S2. The van der Waals surface area contributed by atoms with E-state index < -0.39 is 10.2 Å². The van der Waals surface area contributed by atoms with E-state index in [-0.39, 0.29) is 12.6 Å². The number of nitrogens with one attached hydrogen (secondary N) is 1. The molecule has 2 heterocycles. The molecule has 0 amide bonds. The van der Waals surface area contributed by atoms with E-state index in [0.717, 1.165) is 27.8 Å². The van der Waals surface area contributed by atoms with Crippen LogP contribution in [0.5, 0.6) is 0 Å². The first-order valence-corrected chi connectivity index (χ1v) is 10.1. The summed E-state index contributed by atoms with van der Waals surface area (Å²) >= 11 is 7.88. The molecule has 1 aliphatic heterocycles. The van der Waals surface area contributed by atoms with E-state index in [1.807, 2.05) is 24.3 Å². The van der Waals surface area contributed by atoms with Crippen LogP contribution in [0.2, 0.25) is 5.02 Å². The van der Waals surface area contributed by atoms with Gasteiger partial charge < -0.3 is 4.74 Å². The van der Waals surface area contributed by atoms with Crippen molar-refractivity contribution >= 4 is 43.2 Å². The Morgan fingerprint density at radius 1 is 1.43 bits per heavy atom. The third kappa shape index (κ3) is 3.55. The zero-order valence-electron chi connectivity index (χ0n) is 12.8. The number of fused-ring (bicyclic) bond motifs is 1. The summed E-state index contributed by atoms with van der Waals surface area (Å²) in [5.41, 5.74) is 0. The van der Waals surface area contributed by atoms with Crippen LogP contribution in [-0.4, -0.2) is 39.0 Å². The van der Waals surface area contributed by atoms with Crippen molar-refractivity contribution in [1.82, 2.24) is 9.03 Å². The summed E-state index contributed by atoms with van der Waals surface area (Å²) in [4.78, 5) is 0.832. The molecule has 1 N–H and O–H groups in total. The van der Waals surface area contributed by atoms with E-state index in [9.17, 15) is 8.42 Å². The van der Waals surface area contributed by atoms with Crippen molar-refractivity contribution in [3.05, 3.63) is 34.2 Å². The maximum absolute atomic E-state index is 12.5. The van der Waals surface area contributed by atoms with E-state index in [4.69, 9.17) is 16.3 Å². The van der Waals surface area contributed by atoms with Crippen molar-refractivity contribution < 1.29 is 13.2 Å². The van der Waals surface area contributed by atoms with Gasteiger partial charge in [0, 0.05) is 41.2 Å². The summed E-state index contributed by atoms with van der Waals surface area (Å²) in [6.45, 7) is 1.16. The van der Waals surface area contributed by atoms with Crippen molar-refractivity contribution in [2.75, 3.05) is 20.3 Å². The topological polar surface area (TPSA) is 58.6 Å². The third-order valence-electron chi connectivity index (χ3n) is 4.01. The molecule has 1 atom stereocenters. The van der Waals surface area contributed by atoms with Crippen LogP contribution >= 0.6 is 22.9 Å². The van der Waals surface area contributed by atoms with Gasteiger partial charge in [0.25, 0.3) is 10.2 Å². The molecule has 126 valence electrons. The van der Waals surface area contributed by atoms with Crippen molar-refractivity contribution in [3.63, 3.8) is 0 Å². The van der Waals surface area contributed by atoms with Gasteiger partial charge in [0.1, 0.15) is 0 Å². The second-order valence-electron chi connectivity index (χ2n) is 5.52. The van der Waals surface area contributed by atoms with Gasteiger partial charge in [-0.15, -0.1) is 11.3 Å². The standard InChI is InChI=1S/C15H19ClN2O3S2/c1-21-10-11-5-4-8-18(11)23(19,20)17-9-14-15(16)12-6-2-3-7-13(12)22-14/h2-3,6-7,11,17H,4-5,8-10H2,1H3/t11-/m0/s1. The Labute approximate surface area is 145 Å². The van der Waals surface area contributed by atoms with Crippen molar-refractivity contribution in [1.29, 1.82) is 0 Å². The average molecular weight is 375 g/mol. The van der Waals surface area contributed by atoms with Gasteiger partial charge in [-0.05, 0) is 18.9 Å². The first kappa shape index (κ1) is 17.1. The Hall–Kier alpha value is -0.700. The second-order valence-corrected chi connectivity index (χ2v) is 8.75. The van der Waals surface area contributed by atoms with Crippen LogP contribution < -0.4 is 4.72 Å². The molecular weight excluding hydrogens is 356 g/mol. The zero-order chi connectivity index (χ0) is 16.4. The molecule has 0 radical (unpaired) electrons. The van der Waals surface area contributed by atoms with Gasteiger partial charge in [0.05, 0.1) is 11.6 Å². The van der Waals surface area contributed by atoms with Gasteiger partial charge in [0.2, 0.25) is 0 Å². The average Bonchev–Trinajstić information content (AvgIpc) is 3.12. The molecule has 1 fully saturated rings. The van der Waals surface area contributed by atoms with Crippen molar-refractivity contribution in [2.45, 2.75) is 25.4 Å². The lowest BCUT2D eigenvalue weighted by molar-refractivity contribution is 0.148. The van der Waals surface area contributed by atoms with Crippen molar-refractivity contribution in [3.8, 4) is 0 Å². The number of ether oxygens (including phenoxy) is 1. The van der Waals surface area contributed by atoms with Gasteiger partial charge in [-0.2, -0.15) is 17.4 Å². The Bertz CT molecular complexity index is 791. The lowest BCUT2D eigenvalue weighted by Crippen LogP contribution is -2.44. The fourth-order valence-corrected chi connectivity index (χ4v) is 5.85. The highest BCUT2D eigenvalue weighted by Crippen LogP contribution is 2.35. The molecule has 23 heavy (non-hydrogen) atoms. The first-order chi connectivity index (χ1) is 11.0. The van der Waals surface area contributed by atoms with Gasteiger partial charge in [-0.3, -0.25) is 0 Å². The van der Waals surface area contributed by atoms with E-state index in [1.54, 1.807) is 7.11 Å². The van der Waals surface area contributed by atoms with Crippen LogP contribution in [0.25, 0.3) is 10.1 Å². The molecule has 1 aromatic carbocycles. The smallest absolute Gasteiger partial charge is 0.280 e. The largest absolute Gasteiger partial charge is 0.383 e. The predicted molar refractivity (Wildman–Crippen MR) is 94.2 cm³/mol. The maximum atomic E-state index is 12.5. The van der Waals surface area contributed by atoms with E-state index in [1.165, 1.54) is 15.6 Å². The predicted octanol–water partition coefficient (Wildman–Crippen LogP) is 3.00. The number of benzene rings is 1. The first-order valence-electron chi connectivity index (χ1n) is 7.44. The highest BCUT2D eigenvalue weighted by Gasteiger charge is 2.34. The maximum Gasteiger partial charge on any atom is 0.280 e. The summed E-state index contributed by atoms with van der Waals surface area (Å²) in [7, 11) is -1.94. The van der Waals surface area contributed by atoms with E-state index >= 15 is 0 Å². The number of thiophene rings is 1. The number of methoxy groups -OCH3 is 1. The van der Waals surface area contributed by atoms with Crippen LogP contribution in [0.3, 0.4) is 0 Å². The highest BCUT2D eigenvalue weighted by molar-refractivity contribution is 7.87. The number of halogens is 1. The van der Waals surface area contributed by atoms with Gasteiger partial charge in [-0.25, -0.2) is 0 Å². The number of rotatable bonds is 6. The fourth-order valence-electron chi connectivity index (χ4n) is 2.90. The quantitative estimate of drug-likeness (QED) is 0.845. The molecule has 1 saturated heterocycles. The Morgan fingerprint density at radius 2 is 2.22 bits per heavy atom. The SMILES string of the molecule is COC[C@@H]1CCCN1S(=O)(=O)NCc1sc2ccccc2c1Cl. The van der Waals surface area contributed by atoms with Crippen LogP contribution in [0.4, 0.5) is 0 Å². The zero-order valence-corrected chi connectivity index (χ0v) is 15.2. The van der Waals surface area contributed by atoms with Crippen molar-refractivity contribution in [2.24, 2.45) is 0 Å². The van der Waals surface area contributed by atoms with E-state index in [2.05, 4.69) is 4.72 Å². The van der Waals surface area contributed by atoms with E-state index in [0.29, 0.717) is 18.2 Å². The number of hydrogen-bond acceptors (Lipinski definition) is 4. The molecule has 5 nitrogen and oxygen atoms in total. The molecule has 3 rings (SSSR count). The fraction of sp³-hybridized carbons (Fsp3) is 0.467.